The van der Waals surface area contributed by atoms with Crippen molar-refractivity contribution in [1.29, 1.82) is 0 Å². The molecule has 1 N–H and O–H groups in total. The summed E-state index contributed by atoms with van der Waals surface area (Å²) in [5.41, 5.74) is 0.965. The molecule has 1 aliphatic heterocycles. The van der Waals surface area contributed by atoms with E-state index in [0.29, 0.717) is 24.5 Å². The quantitative estimate of drug-likeness (QED) is 0.907. The number of hydrogen-bond donors (Lipinski definition) is 1. The number of nitrogens with zero attached hydrogens (tertiary/aromatic N) is 1. The van der Waals surface area contributed by atoms with Gasteiger partial charge in [0.25, 0.3) is 0 Å². The number of thioether (sulfide) groups is 1. The van der Waals surface area contributed by atoms with Crippen molar-refractivity contribution in [3.05, 3.63) is 35.6 Å². The number of halogens is 1. The van der Waals surface area contributed by atoms with Gasteiger partial charge in [-0.3, -0.25) is 9.59 Å². The SMILES string of the molecule is CC1C(C(=O)O)CCN1C(=O)CSCc1ccc(F)cc1. The summed E-state index contributed by atoms with van der Waals surface area (Å²) in [5, 5.41) is 9.06. The van der Waals surface area contributed by atoms with E-state index in [4.69, 9.17) is 5.11 Å². The van der Waals surface area contributed by atoms with Crippen LogP contribution in [-0.4, -0.2) is 40.2 Å². The molecule has 1 aliphatic rings. The Morgan fingerprint density at radius 2 is 2.05 bits per heavy atom. The van der Waals surface area contributed by atoms with Crippen LogP contribution in [0.1, 0.15) is 18.9 Å². The fraction of sp³-hybridized carbons (Fsp3) is 0.467. The van der Waals surface area contributed by atoms with Crippen LogP contribution in [0.5, 0.6) is 0 Å². The molecular weight excluding hydrogens is 293 g/mol. The summed E-state index contributed by atoms with van der Waals surface area (Å²) in [7, 11) is 0. The number of hydrogen-bond acceptors (Lipinski definition) is 3. The highest BCUT2D eigenvalue weighted by Crippen LogP contribution is 2.25. The van der Waals surface area contributed by atoms with E-state index in [9.17, 15) is 14.0 Å². The number of aliphatic carboxylic acids is 1. The second-order valence-electron chi connectivity index (χ2n) is 5.18. The molecule has 0 saturated carbocycles. The first-order valence-electron chi connectivity index (χ1n) is 6.83. The minimum atomic E-state index is -0.836. The van der Waals surface area contributed by atoms with Gasteiger partial charge in [0.1, 0.15) is 5.82 Å². The normalized spacial score (nSPS) is 21.5. The molecule has 21 heavy (non-hydrogen) atoms. The summed E-state index contributed by atoms with van der Waals surface area (Å²) < 4.78 is 12.8. The number of carbonyl (C=O) groups is 2. The Kier molecular flexibility index (Phi) is 5.22. The van der Waals surface area contributed by atoms with E-state index in [1.807, 2.05) is 0 Å². The average Bonchev–Trinajstić information content (AvgIpc) is 2.83. The molecule has 0 spiro atoms. The number of carboxylic acids is 1. The van der Waals surface area contributed by atoms with Crippen LogP contribution in [0.3, 0.4) is 0 Å². The third-order valence-corrected chi connectivity index (χ3v) is 4.79. The maximum Gasteiger partial charge on any atom is 0.308 e. The van der Waals surface area contributed by atoms with Crippen LogP contribution in [0.2, 0.25) is 0 Å². The Balaban J connectivity index is 1.80. The zero-order valence-electron chi connectivity index (χ0n) is 11.8. The molecule has 1 saturated heterocycles. The highest BCUT2D eigenvalue weighted by molar-refractivity contribution is 7.99. The highest BCUT2D eigenvalue weighted by atomic mass is 32.2. The minimum Gasteiger partial charge on any atom is -0.481 e. The van der Waals surface area contributed by atoms with E-state index < -0.39 is 11.9 Å². The van der Waals surface area contributed by atoms with Crippen molar-refractivity contribution in [2.75, 3.05) is 12.3 Å². The van der Waals surface area contributed by atoms with Gasteiger partial charge in [-0.2, -0.15) is 0 Å². The number of likely N-dealkylation sites (tertiary alicyclic amines) is 1. The third kappa shape index (κ3) is 3.97. The molecule has 1 amide bonds. The topological polar surface area (TPSA) is 57.6 Å². The van der Waals surface area contributed by atoms with E-state index in [1.54, 1.807) is 24.0 Å². The first-order valence-corrected chi connectivity index (χ1v) is 7.99. The summed E-state index contributed by atoms with van der Waals surface area (Å²) >= 11 is 1.46. The zero-order valence-corrected chi connectivity index (χ0v) is 12.6. The van der Waals surface area contributed by atoms with Gasteiger partial charge in [-0.1, -0.05) is 12.1 Å². The van der Waals surface area contributed by atoms with Crippen LogP contribution < -0.4 is 0 Å². The molecule has 1 heterocycles. The van der Waals surface area contributed by atoms with Gasteiger partial charge in [-0.15, -0.1) is 11.8 Å². The van der Waals surface area contributed by atoms with Crippen molar-refractivity contribution in [2.45, 2.75) is 25.1 Å². The van der Waals surface area contributed by atoms with Crippen LogP contribution >= 0.6 is 11.8 Å². The van der Waals surface area contributed by atoms with Gasteiger partial charge in [0.15, 0.2) is 0 Å². The number of carboxylic acid groups (broad SMARTS) is 1. The summed E-state index contributed by atoms with van der Waals surface area (Å²) in [6.07, 6.45) is 0.519. The lowest BCUT2D eigenvalue weighted by atomic mass is 10.0. The van der Waals surface area contributed by atoms with Gasteiger partial charge >= 0.3 is 5.97 Å². The predicted molar refractivity (Wildman–Crippen MR) is 79.5 cm³/mol. The Hall–Kier alpha value is -1.56. The van der Waals surface area contributed by atoms with Crippen molar-refractivity contribution in [3.63, 3.8) is 0 Å². The van der Waals surface area contributed by atoms with E-state index in [-0.39, 0.29) is 17.8 Å². The van der Waals surface area contributed by atoms with Crippen LogP contribution in [0.15, 0.2) is 24.3 Å². The van der Waals surface area contributed by atoms with Crippen molar-refractivity contribution in [1.82, 2.24) is 4.90 Å². The van der Waals surface area contributed by atoms with E-state index in [0.717, 1.165) is 5.56 Å². The number of carbonyl (C=O) groups excluding carboxylic acids is 1. The third-order valence-electron chi connectivity index (χ3n) is 3.80. The van der Waals surface area contributed by atoms with Crippen LogP contribution in [0, 0.1) is 11.7 Å². The molecular formula is C15H18FNO3S. The first kappa shape index (κ1) is 15.8. The standard InChI is InChI=1S/C15H18FNO3S/c1-10-13(15(19)20)6-7-17(10)14(18)9-21-8-11-2-4-12(16)5-3-11/h2-5,10,13H,6-9H2,1H3,(H,19,20). The fourth-order valence-corrected chi connectivity index (χ4v) is 3.41. The summed E-state index contributed by atoms with van der Waals surface area (Å²) in [4.78, 5) is 24.8. The molecule has 2 atom stereocenters. The lowest BCUT2D eigenvalue weighted by molar-refractivity contribution is -0.142. The monoisotopic (exact) mass is 311 g/mol. The molecule has 1 aromatic rings. The van der Waals surface area contributed by atoms with E-state index >= 15 is 0 Å². The average molecular weight is 311 g/mol. The minimum absolute atomic E-state index is 0.0293. The Morgan fingerprint density at radius 1 is 1.38 bits per heavy atom. The maximum atomic E-state index is 12.8. The van der Waals surface area contributed by atoms with E-state index in [1.165, 1.54) is 23.9 Å². The van der Waals surface area contributed by atoms with Crippen molar-refractivity contribution in [2.24, 2.45) is 5.92 Å². The van der Waals surface area contributed by atoms with Crippen molar-refractivity contribution >= 4 is 23.6 Å². The summed E-state index contributed by atoms with van der Waals surface area (Å²) in [5.74, 6) is -0.651. The number of amides is 1. The van der Waals surface area contributed by atoms with Crippen LogP contribution in [-0.2, 0) is 15.3 Å². The van der Waals surface area contributed by atoms with Gasteiger partial charge in [0.2, 0.25) is 5.91 Å². The van der Waals surface area contributed by atoms with Crippen LogP contribution in [0.25, 0.3) is 0 Å². The molecule has 0 aromatic heterocycles. The summed E-state index contributed by atoms with van der Waals surface area (Å²) in [6, 6.07) is 5.95. The largest absolute Gasteiger partial charge is 0.481 e. The lowest BCUT2D eigenvalue weighted by Crippen LogP contribution is -2.38. The number of benzene rings is 1. The van der Waals surface area contributed by atoms with Crippen molar-refractivity contribution in [3.8, 4) is 0 Å². The van der Waals surface area contributed by atoms with Gasteiger partial charge in [0.05, 0.1) is 11.7 Å². The molecule has 6 heteroatoms. The van der Waals surface area contributed by atoms with Gasteiger partial charge in [-0.05, 0) is 31.0 Å². The first-order chi connectivity index (χ1) is 9.99. The molecule has 0 bridgehead atoms. The molecule has 2 unspecified atom stereocenters. The fourth-order valence-electron chi connectivity index (χ4n) is 2.54. The van der Waals surface area contributed by atoms with Gasteiger partial charge < -0.3 is 10.0 Å². The molecule has 114 valence electrons. The smallest absolute Gasteiger partial charge is 0.308 e. The molecule has 2 rings (SSSR count). The van der Waals surface area contributed by atoms with Crippen LogP contribution in [0.4, 0.5) is 4.39 Å². The lowest BCUT2D eigenvalue weighted by Gasteiger charge is -2.23. The van der Waals surface area contributed by atoms with E-state index in [2.05, 4.69) is 0 Å². The van der Waals surface area contributed by atoms with Gasteiger partial charge in [0, 0.05) is 18.3 Å². The second kappa shape index (κ2) is 6.93. The van der Waals surface area contributed by atoms with Gasteiger partial charge in [-0.25, -0.2) is 4.39 Å². The Bertz CT molecular complexity index is 520. The number of rotatable bonds is 5. The summed E-state index contributed by atoms with van der Waals surface area (Å²) in [6.45, 7) is 2.29. The highest BCUT2D eigenvalue weighted by Gasteiger charge is 2.37. The molecule has 1 fully saturated rings. The predicted octanol–water partition coefficient (Wildman–Crippen LogP) is 2.38. The second-order valence-corrected chi connectivity index (χ2v) is 6.17. The molecule has 1 aromatic carbocycles. The Labute approximate surface area is 127 Å². The molecule has 0 radical (unpaired) electrons. The molecule has 0 aliphatic carbocycles. The van der Waals surface area contributed by atoms with Crippen molar-refractivity contribution < 1.29 is 19.1 Å². The molecule has 4 nitrogen and oxygen atoms in total. The zero-order chi connectivity index (χ0) is 15.4. The Morgan fingerprint density at radius 3 is 2.62 bits per heavy atom. The maximum absolute atomic E-state index is 12.8.